The third-order valence-corrected chi connectivity index (χ3v) is 11.7. The number of benzene rings is 3. The molecular formula is C42H48N2O18. The Kier molecular flexibility index (Phi) is 12.4. The molecule has 3 aromatic carbocycles. The van der Waals surface area contributed by atoms with Gasteiger partial charge in [0.25, 0.3) is 5.91 Å². The molecule has 2 heterocycles. The van der Waals surface area contributed by atoms with Crippen LogP contribution in [0.4, 0.5) is 0 Å². The van der Waals surface area contributed by atoms with Gasteiger partial charge in [0, 0.05) is 28.3 Å². The molecule has 10 N–H and O–H groups in total. The summed E-state index contributed by atoms with van der Waals surface area (Å²) in [6, 6.07) is 2.78. The number of aliphatic hydroxyl groups is 5. The highest BCUT2D eigenvalue weighted by Crippen LogP contribution is 2.57. The number of amides is 1. The molecule has 4 aliphatic rings. The van der Waals surface area contributed by atoms with Crippen molar-refractivity contribution in [3.63, 3.8) is 0 Å². The van der Waals surface area contributed by atoms with E-state index in [0.29, 0.717) is 0 Å². The number of aryl methyl sites for hydroxylation is 1. The summed E-state index contributed by atoms with van der Waals surface area (Å²) >= 11 is 0. The lowest BCUT2D eigenvalue weighted by Gasteiger charge is -2.47. The van der Waals surface area contributed by atoms with E-state index in [2.05, 4.69) is 10.6 Å². The van der Waals surface area contributed by atoms with Crippen LogP contribution in [0.15, 0.2) is 24.3 Å². The van der Waals surface area contributed by atoms with Crippen molar-refractivity contribution in [3.8, 4) is 34.1 Å². The average Bonchev–Trinajstić information content (AvgIpc) is 3.22. The summed E-state index contributed by atoms with van der Waals surface area (Å²) in [5, 5.41) is 95.5. The molecule has 20 nitrogen and oxygen atoms in total. The lowest BCUT2D eigenvalue weighted by atomic mass is 9.74. The van der Waals surface area contributed by atoms with Crippen molar-refractivity contribution in [2.45, 2.75) is 101 Å². The third kappa shape index (κ3) is 7.34. The predicted molar refractivity (Wildman–Crippen MR) is 210 cm³/mol. The summed E-state index contributed by atoms with van der Waals surface area (Å²) in [6.45, 7) is 5.60. The fourth-order valence-electron chi connectivity index (χ4n) is 8.56. The molecule has 7 rings (SSSR count). The quantitative estimate of drug-likeness (QED) is 0.0928. The van der Waals surface area contributed by atoms with Gasteiger partial charge in [-0.15, -0.1) is 0 Å². The van der Waals surface area contributed by atoms with Gasteiger partial charge < -0.3 is 79.9 Å². The predicted octanol–water partition coefficient (Wildman–Crippen LogP) is -0.133. The number of esters is 1. The molecule has 62 heavy (non-hydrogen) atoms. The number of rotatable bonds is 10. The molecule has 2 saturated heterocycles. The van der Waals surface area contributed by atoms with Crippen LogP contribution in [0.3, 0.4) is 0 Å². The van der Waals surface area contributed by atoms with Crippen molar-refractivity contribution in [1.82, 2.24) is 10.6 Å². The minimum absolute atomic E-state index is 0.0224. The number of likely N-dealkylation sites (N-methyl/N-ethyl adjacent to an activating group) is 1. The highest BCUT2D eigenvalue weighted by Gasteiger charge is 2.51. The number of phenols is 3. The maximum Gasteiger partial charge on any atom is 0.328 e. The summed E-state index contributed by atoms with van der Waals surface area (Å²) in [6.07, 6.45) is -15.4. The van der Waals surface area contributed by atoms with Gasteiger partial charge in [-0.2, -0.15) is 0 Å². The Labute approximate surface area is 353 Å². The van der Waals surface area contributed by atoms with Crippen LogP contribution in [0.25, 0.3) is 11.1 Å². The van der Waals surface area contributed by atoms with Gasteiger partial charge >= 0.3 is 5.97 Å². The zero-order chi connectivity index (χ0) is 45.2. The first-order valence-corrected chi connectivity index (χ1v) is 19.8. The van der Waals surface area contributed by atoms with E-state index in [4.69, 9.17) is 28.4 Å². The fourth-order valence-corrected chi connectivity index (χ4v) is 8.56. The number of ether oxygens (including phenoxy) is 6. The number of aliphatic hydroxyl groups excluding tert-OH is 5. The number of carbonyl (C=O) groups excluding carboxylic acids is 4. The van der Waals surface area contributed by atoms with Crippen LogP contribution in [0.2, 0.25) is 0 Å². The lowest BCUT2D eigenvalue weighted by molar-refractivity contribution is -0.339. The van der Waals surface area contributed by atoms with Gasteiger partial charge in [0.2, 0.25) is 0 Å². The lowest BCUT2D eigenvalue weighted by Crippen LogP contribution is -2.65. The van der Waals surface area contributed by atoms with Gasteiger partial charge in [-0.1, -0.05) is 6.07 Å². The zero-order valence-electron chi connectivity index (χ0n) is 34.3. The van der Waals surface area contributed by atoms with E-state index in [9.17, 15) is 60.0 Å². The molecular weight excluding hydrogens is 820 g/mol. The molecule has 0 saturated carbocycles. The molecule has 3 aromatic rings. The summed E-state index contributed by atoms with van der Waals surface area (Å²) in [5.41, 5.74) is -3.06. The van der Waals surface area contributed by atoms with E-state index in [1.807, 2.05) is 0 Å². The van der Waals surface area contributed by atoms with Crippen molar-refractivity contribution in [2.75, 3.05) is 27.4 Å². The molecule has 2 aliphatic heterocycles. The van der Waals surface area contributed by atoms with Crippen LogP contribution in [0.1, 0.15) is 91.9 Å². The maximum atomic E-state index is 14.2. The second-order valence-corrected chi connectivity index (χ2v) is 15.5. The van der Waals surface area contributed by atoms with Crippen molar-refractivity contribution >= 4 is 23.4 Å². The number of ketones is 2. The normalized spacial score (nSPS) is 29.4. The highest BCUT2D eigenvalue weighted by atomic mass is 16.7. The molecule has 0 aromatic heterocycles. The van der Waals surface area contributed by atoms with Crippen molar-refractivity contribution in [1.29, 1.82) is 0 Å². The van der Waals surface area contributed by atoms with Crippen LogP contribution in [-0.2, 0) is 28.5 Å². The first kappa shape index (κ1) is 44.8. The molecule has 334 valence electrons. The first-order valence-electron chi connectivity index (χ1n) is 19.8. The fraction of sp³-hybridized carbons (Fsp3) is 0.476. The minimum Gasteiger partial charge on any atom is -0.507 e. The Morgan fingerprint density at radius 3 is 2.18 bits per heavy atom. The van der Waals surface area contributed by atoms with Gasteiger partial charge in [0.1, 0.15) is 71.8 Å². The molecule has 0 spiro atoms. The number of hydrogen-bond acceptors (Lipinski definition) is 19. The number of aromatic hydroxyl groups is 3. The number of hydrogen-bond donors (Lipinski definition) is 10. The summed E-state index contributed by atoms with van der Waals surface area (Å²) in [5.74, 6) is -5.78. The van der Waals surface area contributed by atoms with Crippen molar-refractivity contribution in [2.24, 2.45) is 0 Å². The molecule has 1 amide bonds. The minimum atomic E-state index is -1.88. The second kappa shape index (κ2) is 17.1. The third-order valence-electron chi connectivity index (χ3n) is 11.7. The number of nitrogens with one attached hydrogen (secondary N) is 2. The average molecular weight is 869 g/mol. The van der Waals surface area contributed by atoms with Gasteiger partial charge in [-0.25, -0.2) is 4.79 Å². The Bertz CT molecular complexity index is 2320. The molecule has 20 heteroatoms. The molecule has 2 aliphatic carbocycles. The zero-order valence-corrected chi connectivity index (χ0v) is 34.3. The van der Waals surface area contributed by atoms with Gasteiger partial charge in [0.15, 0.2) is 24.1 Å². The summed E-state index contributed by atoms with van der Waals surface area (Å²) in [7, 11) is 2.82. The van der Waals surface area contributed by atoms with Crippen LogP contribution < -0.4 is 15.4 Å². The van der Waals surface area contributed by atoms with E-state index in [0.717, 1.165) is 12.1 Å². The topological polar surface area (TPSA) is 310 Å². The molecule has 0 radical (unpaired) electrons. The van der Waals surface area contributed by atoms with Crippen molar-refractivity contribution < 1.29 is 88.5 Å². The summed E-state index contributed by atoms with van der Waals surface area (Å²) < 4.78 is 34.1. The molecule has 9 unspecified atom stereocenters. The van der Waals surface area contributed by atoms with Gasteiger partial charge in [0.05, 0.1) is 49.2 Å². The van der Waals surface area contributed by atoms with E-state index >= 15 is 0 Å². The molecule has 0 bridgehead atoms. The van der Waals surface area contributed by atoms with Crippen LogP contribution in [0.5, 0.6) is 23.0 Å². The Hall–Kier alpha value is -5.26. The van der Waals surface area contributed by atoms with Crippen LogP contribution in [-0.4, -0.2) is 153 Å². The van der Waals surface area contributed by atoms with Crippen molar-refractivity contribution in [3.05, 3.63) is 68.8 Å². The number of carbonyl (C=O) groups is 4. The Morgan fingerprint density at radius 2 is 1.52 bits per heavy atom. The second-order valence-electron chi connectivity index (χ2n) is 15.5. The Balaban J connectivity index is 1.36. The van der Waals surface area contributed by atoms with Gasteiger partial charge in [-0.05, 0) is 63.6 Å². The van der Waals surface area contributed by atoms with Crippen LogP contribution >= 0.6 is 0 Å². The molecule has 2 fully saturated rings. The van der Waals surface area contributed by atoms with Gasteiger partial charge in [-0.3, -0.25) is 14.4 Å². The largest absolute Gasteiger partial charge is 0.507 e. The smallest absolute Gasteiger partial charge is 0.328 e. The number of phenolic OH excluding ortho intramolecular Hbond substituents is 3. The first-order chi connectivity index (χ1) is 29.4. The van der Waals surface area contributed by atoms with E-state index in [-0.39, 0.29) is 51.3 Å². The molecule has 12 atom stereocenters. The highest BCUT2D eigenvalue weighted by molar-refractivity contribution is 6.31. The SMILES string of the molecule is CCOC(=O)[C@@H](C)NC(=O)c1c(C)cc2c(c1O)-c1c(cc3c(c1O)C(=O)c1cc(OC)cc(O)c1C3=O)[C@H](O)[C@H]2OC1OC(C)C(NC)C(OC2OCC(O)C(O)C2O)C1O. The monoisotopic (exact) mass is 868 g/mol. The maximum absolute atomic E-state index is 14.2. The Morgan fingerprint density at radius 1 is 0.855 bits per heavy atom. The van der Waals surface area contributed by atoms with E-state index in [1.54, 1.807) is 20.9 Å². The summed E-state index contributed by atoms with van der Waals surface area (Å²) in [4.78, 5) is 54.5. The van der Waals surface area contributed by atoms with E-state index < -0.39 is 137 Å². The van der Waals surface area contributed by atoms with E-state index in [1.165, 1.54) is 33.1 Å². The number of fused-ring (bicyclic) bond motifs is 5. The van der Waals surface area contributed by atoms with Crippen LogP contribution in [0, 0.1) is 6.92 Å². The standard InChI is InChI=1S/C42H48N2O18/c1-7-58-40(56)14(3)44-39(55)23-13(2)8-20-26(33(23)51)25-18(11-19-27(34(25)52)30(48)17-9-16(57-6)10-21(45)24(17)29(19)47)31(49)37(20)61-42-36(54)38(28(43-5)15(4)60-42)62-41-35(53)32(50)22(46)12-59-41/h8-11,14-15,22,28,31-32,35-38,41-43,45-46,49-54H,7,12H2,1-6H3,(H,44,55)/t14-,15?,22?,28?,31+,32?,35?,36?,37+,38?,41?,42?/m1/s1. The number of methoxy groups -OCH3 is 1.